The van der Waals surface area contributed by atoms with Crippen LogP contribution in [0.25, 0.3) is 5.69 Å². The number of thioether (sulfide) groups is 1. The molecule has 1 heterocycles. The molecule has 0 saturated heterocycles. The Hall–Kier alpha value is -2.78. The summed E-state index contributed by atoms with van der Waals surface area (Å²) in [6.07, 6.45) is 0. The van der Waals surface area contributed by atoms with E-state index < -0.39 is 18.5 Å². The van der Waals surface area contributed by atoms with Crippen molar-refractivity contribution in [3.05, 3.63) is 74.1 Å². The molecule has 2 aromatic carbocycles. The molecule has 0 spiro atoms. The van der Waals surface area contributed by atoms with E-state index in [1.165, 1.54) is 16.4 Å². The molecule has 0 fully saturated rings. The van der Waals surface area contributed by atoms with E-state index in [2.05, 4.69) is 21.2 Å². The topological polar surface area (TPSA) is 82.3 Å². The van der Waals surface area contributed by atoms with Gasteiger partial charge in [0, 0.05) is 16.4 Å². The van der Waals surface area contributed by atoms with Gasteiger partial charge in [0.05, 0.1) is 17.1 Å². The molecular weight excluding hydrogens is 494 g/mol. The number of anilines is 1. The van der Waals surface area contributed by atoms with Gasteiger partial charge in [-0.05, 0) is 56.2 Å². The number of ether oxygens (including phenoxy) is 1. The largest absolute Gasteiger partial charge is 0.455 e. The van der Waals surface area contributed by atoms with E-state index in [1.54, 1.807) is 30.8 Å². The van der Waals surface area contributed by atoms with Gasteiger partial charge in [-0.2, -0.15) is 0 Å². The van der Waals surface area contributed by atoms with Crippen LogP contribution in [0.4, 0.5) is 5.69 Å². The molecule has 0 radical (unpaired) electrons. The van der Waals surface area contributed by atoms with Crippen LogP contribution in [0.15, 0.2) is 56.6 Å². The first-order valence-corrected chi connectivity index (χ1v) is 11.7. The van der Waals surface area contributed by atoms with E-state index in [0.717, 1.165) is 20.5 Å². The Bertz CT molecular complexity index is 1220. The van der Waals surface area contributed by atoms with Gasteiger partial charge in [0.25, 0.3) is 11.5 Å². The molecule has 1 amide bonds. The SMILES string of the molecule is Cc1cc(SCC(=O)OCC(=O)Nc2c(C)n(C)n(-c3ccccc3)c2=O)c(C)cc1Br. The van der Waals surface area contributed by atoms with Crippen molar-refractivity contribution in [1.29, 1.82) is 0 Å². The average Bonchev–Trinajstić information content (AvgIpc) is 2.97. The van der Waals surface area contributed by atoms with Crippen molar-refractivity contribution in [2.75, 3.05) is 17.7 Å². The predicted octanol–water partition coefficient (Wildman–Crippen LogP) is 4.14. The van der Waals surface area contributed by atoms with Crippen molar-refractivity contribution in [3.8, 4) is 5.69 Å². The molecular formula is C23H24BrN3O4S. The van der Waals surface area contributed by atoms with E-state index >= 15 is 0 Å². The Balaban J connectivity index is 1.59. The molecule has 168 valence electrons. The highest BCUT2D eigenvalue weighted by Crippen LogP contribution is 2.28. The highest BCUT2D eigenvalue weighted by Gasteiger charge is 2.19. The van der Waals surface area contributed by atoms with Gasteiger partial charge in [-0.15, -0.1) is 11.8 Å². The Labute approximate surface area is 198 Å². The van der Waals surface area contributed by atoms with Crippen LogP contribution in [-0.4, -0.2) is 33.6 Å². The van der Waals surface area contributed by atoms with Crippen LogP contribution >= 0.6 is 27.7 Å². The summed E-state index contributed by atoms with van der Waals surface area (Å²) in [6, 6.07) is 13.1. The van der Waals surface area contributed by atoms with E-state index in [1.807, 2.05) is 44.2 Å². The smallest absolute Gasteiger partial charge is 0.316 e. The molecule has 9 heteroatoms. The molecule has 1 N–H and O–H groups in total. The lowest BCUT2D eigenvalue weighted by molar-refractivity contribution is -0.144. The summed E-state index contributed by atoms with van der Waals surface area (Å²) in [5, 5.41) is 2.58. The minimum Gasteiger partial charge on any atom is -0.455 e. The zero-order valence-corrected chi connectivity index (χ0v) is 20.7. The summed E-state index contributed by atoms with van der Waals surface area (Å²) < 4.78 is 9.24. The van der Waals surface area contributed by atoms with Crippen LogP contribution in [0.3, 0.4) is 0 Å². The molecule has 0 atom stereocenters. The second kappa shape index (κ2) is 10.2. The minimum atomic E-state index is -0.565. The molecule has 32 heavy (non-hydrogen) atoms. The summed E-state index contributed by atoms with van der Waals surface area (Å²) in [5.74, 6) is -0.984. The number of amides is 1. The van der Waals surface area contributed by atoms with Gasteiger partial charge in [-0.3, -0.25) is 19.1 Å². The third-order valence-electron chi connectivity index (χ3n) is 4.98. The van der Waals surface area contributed by atoms with Crippen LogP contribution in [0, 0.1) is 20.8 Å². The lowest BCUT2D eigenvalue weighted by Gasteiger charge is -2.09. The molecule has 0 aliphatic rings. The predicted molar refractivity (Wildman–Crippen MR) is 130 cm³/mol. The second-order valence-corrected chi connectivity index (χ2v) is 9.17. The maximum atomic E-state index is 12.8. The summed E-state index contributed by atoms with van der Waals surface area (Å²) in [5.41, 5.74) is 3.21. The van der Waals surface area contributed by atoms with Crippen molar-refractivity contribution >= 4 is 45.3 Å². The Morgan fingerprint density at radius 2 is 1.78 bits per heavy atom. The number of aryl methyl sites for hydroxylation is 2. The van der Waals surface area contributed by atoms with Crippen molar-refractivity contribution in [1.82, 2.24) is 9.36 Å². The number of rotatable bonds is 7. The van der Waals surface area contributed by atoms with Crippen LogP contribution in [0.5, 0.6) is 0 Å². The van der Waals surface area contributed by atoms with E-state index in [-0.39, 0.29) is 17.0 Å². The molecule has 0 aliphatic heterocycles. The fourth-order valence-corrected chi connectivity index (χ4v) is 4.48. The number of halogens is 1. The number of carbonyl (C=O) groups excluding carboxylic acids is 2. The van der Waals surface area contributed by atoms with Crippen molar-refractivity contribution in [2.24, 2.45) is 7.05 Å². The van der Waals surface area contributed by atoms with Gasteiger partial charge in [0.2, 0.25) is 0 Å². The van der Waals surface area contributed by atoms with Crippen LogP contribution < -0.4 is 10.9 Å². The number of carbonyl (C=O) groups is 2. The summed E-state index contributed by atoms with van der Waals surface area (Å²) >= 11 is 4.84. The average molecular weight is 518 g/mol. The fourth-order valence-electron chi connectivity index (χ4n) is 3.12. The van der Waals surface area contributed by atoms with E-state index in [4.69, 9.17) is 4.74 Å². The Morgan fingerprint density at radius 1 is 1.09 bits per heavy atom. The molecule has 0 saturated carbocycles. The van der Waals surface area contributed by atoms with E-state index in [9.17, 15) is 14.4 Å². The molecule has 7 nitrogen and oxygen atoms in total. The van der Waals surface area contributed by atoms with Crippen molar-refractivity contribution in [3.63, 3.8) is 0 Å². The zero-order valence-electron chi connectivity index (χ0n) is 18.3. The van der Waals surface area contributed by atoms with Gasteiger partial charge >= 0.3 is 5.97 Å². The standard InChI is InChI=1S/C23H24BrN3O4S/c1-14-11-19(15(2)10-18(14)24)32-13-21(29)31-12-20(28)25-22-16(3)26(4)27(23(22)30)17-8-6-5-7-9-17/h5-11H,12-13H2,1-4H3,(H,25,28). The summed E-state index contributed by atoms with van der Waals surface area (Å²) in [4.78, 5) is 38.3. The fraction of sp³-hybridized carbons (Fsp3) is 0.261. The zero-order chi connectivity index (χ0) is 23.4. The highest BCUT2D eigenvalue weighted by atomic mass is 79.9. The van der Waals surface area contributed by atoms with Gasteiger partial charge < -0.3 is 10.1 Å². The van der Waals surface area contributed by atoms with Gasteiger partial charge in [-0.25, -0.2) is 4.68 Å². The highest BCUT2D eigenvalue weighted by molar-refractivity contribution is 9.10. The second-order valence-electron chi connectivity index (χ2n) is 7.30. The summed E-state index contributed by atoms with van der Waals surface area (Å²) in [6.45, 7) is 5.22. The third-order valence-corrected chi connectivity index (χ3v) is 6.97. The molecule has 1 aromatic heterocycles. The first-order valence-electron chi connectivity index (χ1n) is 9.88. The van der Waals surface area contributed by atoms with Crippen LogP contribution in [-0.2, 0) is 21.4 Å². The maximum absolute atomic E-state index is 12.8. The molecule has 3 rings (SSSR count). The molecule has 0 aliphatic carbocycles. The molecule has 0 unspecified atom stereocenters. The number of hydrogen-bond acceptors (Lipinski definition) is 5. The first-order chi connectivity index (χ1) is 15.2. The van der Waals surface area contributed by atoms with Crippen molar-refractivity contribution in [2.45, 2.75) is 25.7 Å². The number of aromatic nitrogens is 2. The number of nitrogens with one attached hydrogen (secondary N) is 1. The number of nitrogens with zero attached hydrogens (tertiary/aromatic N) is 2. The van der Waals surface area contributed by atoms with E-state index in [0.29, 0.717) is 11.4 Å². The first kappa shape index (κ1) is 23.9. The van der Waals surface area contributed by atoms with Crippen LogP contribution in [0.1, 0.15) is 16.8 Å². The number of esters is 1. The number of hydrogen-bond donors (Lipinski definition) is 1. The monoisotopic (exact) mass is 517 g/mol. The lowest BCUT2D eigenvalue weighted by atomic mass is 10.2. The summed E-state index contributed by atoms with van der Waals surface area (Å²) in [7, 11) is 1.74. The Morgan fingerprint density at radius 3 is 2.47 bits per heavy atom. The minimum absolute atomic E-state index is 0.0837. The normalized spacial score (nSPS) is 10.8. The quantitative estimate of drug-likeness (QED) is 0.376. The lowest BCUT2D eigenvalue weighted by Crippen LogP contribution is -2.26. The molecule has 0 bridgehead atoms. The number of benzene rings is 2. The van der Waals surface area contributed by atoms with Crippen LogP contribution in [0.2, 0.25) is 0 Å². The van der Waals surface area contributed by atoms with Crippen molar-refractivity contribution < 1.29 is 14.3 Å². The van der Waals surface area contributed by atoms with Gasteiger partial charge in [0.1, 0.15) is 5.69 Å². The Kier molecular flexibility index (Phi) is 7.63. The number of para-hydroxylation sites is 1. The maximum Gasteiger partial charge on any atom is 0.316 e. The van der Waals surface area contributed by atoms with Gasteiger partial charge in [0.15, 0.2) is 6.61 Å². The third kappa shape index (κ3) is 5.34. The van der Waals surface area contributed by atoms with Gasteiger partial charge in [-0.1, -0.05) is 34.1 Å². The molecule has 3 aromatic rings.